The average molecular weight is 231 g/mol. The minimum Gasteiger partial charge on any atom is -0.255 e. The Labute approximate surface area is 94.1 Å². The Morgan fingerprint density at radius 2 is 1.94 bits per heavy atom. The number of hydrogen-bond donors (Lipinski definition) is 0. The standard InChI is InChI=1S/C12H9NO2S/c1-16(14,15)9-7-11-5-2-4-10-6-3-8-13-12(10)11/h2-6,8H,1H3. The maximum absolute atomic E-state index is 10.9. The molecule has 0 amide bonds. The van der Waals surface area contributed by atoms with E-state index in [1.54, 1.807) is 12.3 Å². The largest absolute Gasteiger partial charge is 0.255 e. The van der Waals surface area contributed by atoms with Crippen LogP contribution < -0.4 is 0 Å². The summed E-state index contributed by atoms with van der Waals surface area (Å²) < 4.78 is 21.9. The fraction of sp³-hybridized carbons (Fsp3) is 0.0833. The van der Waals surface area contributed by atoms with Gasteiger partial charge in [-0.15, -0.1) is 0 Å². The zero-order valence-electron chi connectivity index (χ0n) is 8.64. The second kappa shape index (κ2) is 3.95. The molecule has 0 spiro atoms. The number of nitrogens with zero attached hydrogens (tertiary/aromatic N) is 1. The number of benzene rings is 1. The molecule has 2 rings (SSSR count). The quantitative estimate of drug-likeness (QED) is 0.647. The van der Waals surface area contributed by atoms with Gasteiger partial charge in [0.25, 0.3) is 0 Å². The Bertz CT molecular complexity index is 688. The molecule has 0 bridgehead atoms. The predicted octanol–water partition coefficient (Wildman–Crippen LogP) is 1.59. The Hall–Kier alpha value is -1.86. The third-order valence-corrected chi connectivity index (χ3v) is 2.48. The number of pyridine rings is 1. The third-order valence-electron chi connectivity index (χ3n) is 2.00. The zero-order chi connectivity index (χ0) is 11.6. The summed E-state index contributed by atoms with van der Waals surface area (Å²) in [6.45, 7) is 0. The molecule has 4 heteroatoms. The van der Waals surface area contributed by atoms with Crippen molar-refractivity contribution in [3.05, 3.63) is 42.1 Å². The molecule has 0 aliphatic rings. The van der Waals surface area contributed by atoms with E-state index in [9.17, 15) is 8.42 Å². The van der Waals surface area contributed by atoms with Crippen LogP contribution in [0.4, 0.5) is 0 Å². The van der Waals surface area contributed by atoms with E-state index in [1.807, 2.05) is 24.3 Å². The van der Waals surface area contributed by atoms with Crippen LogP contribution in [-0.2, 0) is 9.84 Å². The Morgan fingerprint density at radius 1 is 1.19 bits per heavy atom. The molecule has 0 unspecified atom stereocenters. The second-order valence-electron chi connectivity index (χ2n) is 3.38. The van der Waals surface area contributed by atoms with Crippen LogP contribution in [0.25, 0.3) is 10.9 Å². The first-order chi connectivity index (χ1) is 7.56. The first-order valence-corrected chi connectivity index (χ1v) is 6.52. The lowest BCUT2D eigenvalue weighted by Crippen LogP contribution is -1.90. The van der Waals surface area contributed by atoms with Gasteiger partial charge in [-0.3, -0.25) is 4.98 Å². The molecular weight excluding hydrogens is 222 g/mol. The van der Waals surface area contributed by atoms with Gasteiger partial charge in [0, 0.05) is 16.8 Å². The molecule has 0 radical (unpaired) electrons. The van der Waals surface area contributed by atoms with Gasteiger partial charge < -0.3 is 0 Å². The maximum Gasteiger partial charge on any atom is 0.214 e. The second-order valence-corrected chi connectivity index (χ2v) is 5.13. The molecule has 0 saturated heterocycles. The first kappa shape index (κ1) is 10.7. The van der Waals surface area contributed by atoms with Gasteiger partial charge >= 0.3 is 0 Å². The van der Waals surface area contributed by atoms with Crippen LogP contribution in [-0.4, -0.2) is 19.7 Å². The van der Waals surface area contributed by atoms with Crippen molar-refractivity contribution in [2.45, 2.75) is 0 Å². The predicted molar refractivity (Wildman–Crippen MR) is 63.5 cm³/mol. The van der Waals surface area contributed by atoms with Crippen LogP contribution in [0, 0.1) is 11.2 Å². The summed E-state index contributed by atoms with van der Waals surface area (Å²) in [5, 5.41) is 3.16. The lowest BCUT2D eigenvalue weighted by Gasteiger charge is -1.97. The molecule has 0 N–H and O–H groups in total. The van der Waals surface area contributed by atoms with E-state index in [0.717, 1.165) is 17.2 Å². The van der Waals surface area contributed by atoms with E-state index in [2.05, 4.69) is 16.2 Å². The minimum atomic E-state index is -3.28. The molecular formula is C12H9NO2S. The molecule has 0 aliphatic carbocycles. The number of hydrogen-bond acceptors (Lipinski definition) is 3. The first-order valence-electron chi connectivity index (χ1n) is 4.63. The van der Waals surface area contributed by atoms with E-state index < -0.39 is 9.84 Å². The van der Waals surface area contributed by atoms with Gasteiger partial charge in [-0.25, -0.2) is 8.42 Å². The monoisotopic (exact) mass is 231 g/mol. The van der Waals surface area contributed by atoms with Crippen molar-refractivity contribution in [2.75, 3.05) is 6.26 Å². The van der Waals surface area contributed by atoms with Gasteiger partial charge in [-0.2, -0.15) is 0 Å². The molecule has 80 valence electrons. The summed E-state index contributed by atoms with van der Waals surface area (Å²) in [7, 11) is -3.28. The number of fused-ring (bicyclic) bond motifs is 1. The number of rotatable bonds is 0. The van der Waals surface area contributed by atoms with Gasteiger partial charge in [-0.1, -0.05) is 18.2 Å². The van der Waals surface area contributed by atoms with Gasteiger partial charge in [0.1, 0.15) is 0 Å². The highest BCUT2D eigenvalue weighted by Gasteiger charge is 1.99. The molecule has 1 aromatic heterocycles. The van der Waals surface area contributed by atoms with Crippen molar-refractivity contribution in [3.63, 3.8) is 0 Å². The van der Waals surface area contributed by atoms with Gasteiger partial charge in [0.05, 0.1) is 17.3 Å². The fourth-order valence-electron chi connectivity index (χ4n) is 1.35. The van der Waals surface area contributed by atoms with E-state index >= 15 is 0 Å². The molecule has 2 aromatic rings. The van der Waals surface area contributed by atoms with Gasteiger partial charge in [0.15, 0.2) is 0 Å². The van der Waals surface area contributed by atoms with Crippen molar-refractivity contribution in [1.82, 2.24) is 4.98 Å². The maximum atomic E-state index is 10.9. The molecule has 0 fully saturated rings. The number of aromatic nitrogens is 1. The summed E-state index contributed by atoms with van der Waals surface area (Å²) in [4.78, 5) is 4.18. The highest BCUT2D eigenvalue weighted by molar-refractivity contribution is 7.95. The minimum absolute atomic E-state index is 0.628. The normalized spacial score (nSPS) is 10.8. The summed E-state index contributed by atoms with van der Waals surface area (Å²) in [5.74, 6) is 2.63. The highest BCUT2D eigenvalue weighted by atomic mass is 32.2. The lowest BCUT2D eigenvalue weighted by molar-refractivity contribution is 0.611. The van der Waals surface area contributed by atoms with Crippen LogP contribution in [0.15, 0.2) is 36.5 Å². The van der Waals surface area contributed by atoms with E-state index in [4.69, 9.17) is 0 Å². The molecule has 0 aliphatic heterocycles. The van der Waals surface area contributed by atoms with Crippen LogP contribution in [0.1, 0.15) is 5.56 Å². The van der Waals surface area contributed by atoms with Crippen molar-refractivity contribution < 1.29 is 8.42 Å². The van der Waals surface area contributed by atoms with Crippen LogP contribution in [0.5, 0.6) is 0 Å². The van der Waals surface area contributed by atoms with E-state index in [-0.39, 0.29) is 0 Å². The average Bonchev–Trinajstić information content (AvgIpc) is 2.25. The smallest absolute Gasteiger partial charge is 0.214 e. The zero-order valence-corrected chi connectivity index (χ0v) is 9.45. The summed E-state index contributed by atoms with van der Waals surface area (Å²) in [6, 6.07) is 9.24. The topological polar surface area (TPSA) is 47.0 Å². The molecule has 16 heavy (non-hydrogen) atoms. The van der Waals surface area contributed by atoms with Crippen molar-refractivity contribution >= 4 is 20.7 Å². The molecule has 0 saturated carbocycles. The van der Waals surface area contributed by atoms with Crippen LogP contribution >= 0.6 is 0 Å². The molecule has 1 aromatic carbocycles. The number of sulfone groups is 1. The Morgan fingerprint density at radius 3 is 2.69 bits per heavy atom. The number of para-hydroxylation sites is 1. The molecule has 0 atom stereocenters. The van der Waals surface area contributed by atoms with Crippen LogP contribution in [0.2, 0.25) is 0 Å². The van der Waals surface area contributed by atoms with Gasteiger partial charge in [-0.05, 0) is 18.1 Å². The van der Waals surface area contributed by atoms with Crippen molar-refractivity contribution in [1.29, 1.82) is 0 Å². The lowest BCUT2D eigenvalue weighted by atomic mass is 10.1. The SMILES string of the molecule is CS(=O)(=O)C#Cc1cccc2cccnc12. The van der Waals surface area contributed by atoms with E-state index in [0.29, 0.717) is 5.56 Å². The molecule has 3 nitrogen and oxygen atoms in total. The molecule has 1 heterocycles. The third kappa shape index (κ3) is 2.38. The summed E-state index contributed by atoms with van der Waals surface area (Å²) >= 11 is 0. The van der Waals surface area contributed by atoms with E-state index in [1.165, 1.54) is 0 Å². The van der Waals surface area contributed by atoms with Crippen molar-refractivity contribution in [3.8, 4) is 11.2 Å². The fourth-order valence-corrected chi connectivity index (χ4v) is 1.65. The Balaban J connectivity index is 2.65. The van der Waals surface area contributed by atoms with Crippen LogP contribution in [0.3, 0.4) is 0 Å². The summed E-state index contributed by atoms with van der Waals surface area (Å²) in [6.07, 6.45) is 2.74. The summed E-state index contributed by atoms with van der Waals surface area (Å²) in [5.41, 5.74) is 1.35. The Kier molecular flexibility index (Phi) is 2.63. The van der Waals surface area contributed by atoms with Gasteiger partial charge in [0.2, 0.25) is 9.84 Å². The highest BCUT2D eigenvalue weighted by Crippen LogP contribution is 2.14. The van der Waals surface area contributed by atoms with Crippen molar-refractivity contribution in [2.24, 2.45) is 0 Å².